The van der Waals surface area contributed by atoms with Gasteiger partial charge >= 0.3 is 0 Å². The number of alkyl halides is 1. The Hall–Kier alpha value is -0.0200. The molecule has 0 atom stereocenters. The van der Waals surface area contributed by atoms with Crippen molar-refractivity contribution in [3.63, 3.8) is 0 Å². The van der Waals surface area contributed by atoms with Crippen molar-refractivity contribution < 1.29 is 4.74 Å². The first-order chi connectivity index (χ1) is 5.84. The molecule has 0 aliphatic rings. The van der Waals surface area contributed by atoms with E-state index in [1.807, 2.05) is 24.3 Å². The van der Waals surface area contributed by atoms with Crippen molar-refractivity contribution in [1.29, 1.82) is 0 Å². The smallest absolute Gasteiger partial charge is 0.133 e. The molecule has 0 unspecified atom stereocenters. The summed E-state index contributed by atoms with van der Waals surface area (Å²) in [5.74, 6) is 0.915. The molecule has 0 heterocycles. The van der Waals surface area contributed by atoms with E-state index in [0.717, 1.165) is 28.6 Å². The van der Waals surface area contributed by atoms with E-state index in [4.69, 9.17) is 4.74 Å². The van der Waals surface area contributed by atoms with Gasteiger partial charge in [-0.25, -0.2) is 0 Å². The molecule has 12 heavy (non-hydrogen) atoms. The van der Waals surface area contributed by atoms with E-state index in [2.05, 4.69) is 31.9 Å². The molecule has 0 aliphatic heterocycles. The molecule has 0 N–H and O–H groups in total. The summed E-state index contributed by atoms with van der Waals surface area (Å²) in [6, 6.07) is 7.87. The largest absolute Gasteiger partial charge is 0.492 e. The quantitative estimate of drug-likeness (QED) is 0.609. The van der Waals surface area contributed by atoms with Crippen LogP contribution in [0.2, 0.25) is 0 Å². The Morgan fingerprint density at radius 3 is 2.67 bits per heavy atom. The highest BCUT2D eigenvalue weighted by Crippen LogP contribution is 2.23. The van der Waals surface area contributed by atoms with Gasteiger partial charge in [-0.1, -0.05) is 28.1 Å². The minimum absolute atomic E-state index is 0.758. The zero-order valence-electron chi connectivity index (χ0n) is 6.59. The predicted octanol–water partition coefficient (Wildman–Crippen LogP) is 3.61. The lowest BCUT2D eigenvalue weighted by molar-refractivity contribution is 0.317. The topological polar surface area (TPSA) is 9.23 Å². The lowest BCUT2D eigenvalue weighted by Gasteiger charge is -2.05. The maximum absolute atomic E-state index is 5.50. The van der Waals surface area contributed by atoms with E-state index < -0.39 is 0 Å². The number of para-hydroxylation sites is 1. The maximum atomic E-state index is 5.50. The Balaban J connectivity index is 2.46. The van der Waals surface area contributed by atoms with Crippen molar-refractivity contribution in [1.82, 2.24) is 0 Å². The van der Waals surface area contributed by atoms with Crippen molar-refractivity contribution >= 4 is 31.9 Å². The molecule has 0 radical (unpaired) electrons. The molecule has 0 aromatic heterocycles. The Morgan fingerprint density at radius 1 is 1.25 bits per heavy atom. The predicted molar refractivity (Wildman–Crippen MR) is 58.0 cm³/mol. The fourth-order valence-corrected chi connectivity index (χ4v) is 1.43. The number of rotatable bonds is 4. The Bertz CT molecular complexity index is 238. The highest BCUT2D eigenvalue weighted by atomic mass is 79.9. The van der Waals surface area contributed by atoms with E-state index in [9.17, 15) is 0 Å². The third kappa shape index (κ3) is 3.15. The molecule has 1 aromatic carbocycles. The summed E-state index contributed by atoms with van der Waals surface area (Å²) in [5.41, 5.74) is 0. The second-order valence-electron chi connectivity index (χ2n) is 2.32. The zero-order valence-corrected chi connectivity index (χ0v) is 9.77. The number of hydrogen-bond acceptors (Lipinski definition) is 1. The third-order valence-electron chi connectivity index (χ3n) is 1.37. The van der Waals surface area contributed by atoms with Crippen LogP contribution in [0.5, 0.6) is 5.75 Å². The standard InChI is InChI=1S/C9H10Br2O/c10-6-3-7-12-9-5-2-1-4-8(9)11/h1-2,4-5H,3,6-7H2. The first-order valence-electron chi connectivity index (χ1n) is 3.78. The number of benzene rings is 1. The molecule has 0 aliphatic carbocycles. The molecule has 0 fully saturated rings. The van der Waals surface area contributed by atoms with Crippen LogP contribution in [0.25, 0.3) is 0 Å². The van der Waals surface area contributed by atoms with Crippen LogP contribution in [0.3, 0.4) is 0 Å². The van der Waals surface area contributed by atoms with Crippen LogP contribution in [-0.4, -0.2) is 11.9 Å². The summed E-state index contributed by atoms with van der Waals surface area (Å²) >= 11 is 6.76. The lowest BCUT2D eigenvalue weighted by Crippen LogP contribution is -1.97. The van der Waals surface area contributed by atoms with Gasteiger partial charge in [0, 0.05) is 5.33 Å². The van der Waals surface area contributed by atoms with Gasteiger partial charge in [-0.15, -0.1) is 0 Å². The maximum Gasteiger partial charge on any atom is 0.133 e. The first-order valence-corrected chi connectivity index (χ1v) is 5.69. The average Bonchev–Trinajstić information content (AvgIpc) is 2.09. The fourth-order valence-electron chi connectivity index (χ4n) is 0.798. The molecule has 66 valence electrons. The van der Waals surface area contributed by atoms with Gasteiger partial charge < -0.3 is 4.74 Å². The third-order valence-corrected chi connectivity index (χ3v) is 2.59. The van der Waals surface area contributed by atoms with Crippen molar-refractivity contribution in [3.05, 3.63) is 28.7 Å². The van der Waals surface area contributed by atoms with Crippen LogP contribution in [-0.2, 0) is 0 Å². The van der Waals surface area contributed by atoms with Gasteiger partial charge in [0.25, 0.3) is 0 Å². The number of halogens is 2. The lowest BCUT2D eigenvalue weighted by atomic mass is 10.3. The van der Waals surface area contributed by atoms with Gasteiger partial charge in [0.05, 0.1) is 11.1 Å². The summed E-state index contributed by atoms with van der Waals surface area (Å²) in [4.78, 5) is 0. The minimum Gasteiger partial charge on any atom is -0.492 e. The normalized spacial score (nSPS) is 9.83. The Labute approximate surface area is 89.4 Å². The van der Waals surface area contributed by atoms with Crippen molar-refractivity contribution in [2.24, 2.45) is 0 Å². The molecule has 0 amide bonds. The van der Waals surface area contributed by atoms with E-state index >= 15 is 0 Å². The zero-order chi connectivity index (χ0) is 8.81. The monoisotopic (exact) mass is 292 g/mol. The fraction of sp³-hybridized carbons (Fsp3) is 0.333. The second kappa shape index (κ2) is 5.60. The van der Waals surface area contributed by atoms with Crippen molar-refractivity contribution in [3.8, 4) is 5.75 Å². The number of hydrogen-bond donors (Lipinski definition) is 0. The first kappa shape index (κ1) is 10.1. The van der Waals surface area contributed by atoms with Gasteiger partial charge in [0.1, 0.15) is 5.75 Å². The molecule has 0 bridgehead atoms. The molecule has 1 rings (SSSR count). The highest BCUT2D eigenvalue weighted by molar-refractivity contribution is 9.10. The molecule has 3 heteroatoms. The van der Waals surface area contributed by atoms with E-state index in [-0.39, 0.29) is 0 Å². The van der Waals surface area contributed by atoms with Crippen LogP contribution < -0.4 is 4.74 Å². The van der Waals surface area contributed by atoms with Gasteiger partial charge in [-0.05, 0) is 34.5 Å². The molecule has 0 spiro atoms. The molecular formula is C9H10Br2O. The Kier molecular flexibility index (Phi) is 4.69. The van der Waals surface area contributed by atoms with Crippen LogP contribution in [0.1, 0.15) is 6.42 Å². The van der Waals surface area contributed by atoms with Gasteiger partial charge in [-0.3, -0.25) is 0 Å². The van der Waals surface area contributed by atoms with Crippen LogP contribution in [0, 0.1) is 0 Å². The van der Waals surface area contributed by atoms with Gasteiger partial charge in [0.2, 0.25) is 0 Å². The summed E-state index contributed by atoms with van der Waals surface area (Å²) in [5, 5.41) is 0.984. The SMILES string of the molecule is BrCCCOc1ccccc1Br. The summed E-state index contributed by atoms with van der Waals surface area (Å²) < 4.78 is 6.51. The molecule has 1 aromatic rings. The molecular weight excluding hydrogens is 284 g/mol. The molecule has 0 saturated carbocycles. The molecule has 1 nitrogen and oxygen atoms in total. The van der Waals surface area contributed by atoms with Crippen molar-refractivity contribution in [2.75, 3.05) is 11.9 Å². The second-order valence-corrected chi connectivity index (χ2v) is 3.97. The van der Waals surface area contributed by atoms with E-state index in [1.54, 1.807) is 0 Å². The summed E-state index contributed by atoms with van der Waals surface area (Å²) in [6.07, 6.45) is 1.03. The van der Waals surface area contributed by atoms with Gasteiger partial charge in [-0.2, -0.15) is 0 Å². The highest BCUT2D eigenvalue weighted by Gasteiger charge is 1.97. The van der Waals surface area contributed by atoms with Crippen LogP contribution in [0.15, 0.2) is 28.7 Å². The van der Waals surface area contributed by atoms with Crippen molar-refractivity contribution in [2.45, 2.75) is 6.42 Å². The van der Waals surface area contributed by atoms with Gasteiger partial charge in [0.15, 0.2) is 0 Å². The summed E-state index contributed by atoms with van der Waals surface area (Å²) in [6.45, 7) is 0.758. The minimum atomic E-state index is 0.758. The Morgan fingerprint density at radius 2 is 2.00 bits per heavy atom. The van der Waals surface area contributed by atoms with Crippen LogP contribution >= 0.6 is 31.9 Å². The average molecular weight is 294 g/mol. The number of ether oxygens (including phenoxy) is 1. The van der Waals surface area contributed by atoms with E-state index in [0.29, 0.717) is 0 Å². The van der Waals surface area contributed by atoms with Crippen LogP contribution in [0.4, 0.5) is 0 Å². The molecule has 0 saturated heterocycles. The summed E-state index contributed by atoms with van der Waals surface area (Å²) in [7, 11) is 0. The van der Waals surface area contributed by atoms with E-state index in [1.165, 1.54) is 0 Å².